The molecule has 2 rings (SSSR count). The summed E-state index contributed by atoms with van der Waals surface area (Å²) < 4.78 is 5.51. The van der Waals surface area contributed by atoms with Gasteiger partial charge in [-0.25, -0.2) is 0 Å². The van der Waals surface area contributed by atoms with Crippen LogP contribution in [0.5, 0.6) is 0 Å². The quantitative estimate of drug-likeness (QED) is 0.794. The molecule has 0 saturated carbocycles. The highest BCUT2D eigenvalue weighted by molar-refractivity contribution is 6.31. The zero-order valence-corrected chi connectivity index (χ0v) is 11.3. The van der Waals surface area contributed by atoms with Crippen molar-refractivity contribution < 1.29 is 9.53 Å². The number of carbonyl (C=O) groups excluding carboxylic acids is 1. The molecule has 1 aliphatic rings. The zero-order chi connectivity index (χ0) is 13.3. The summed E-state index contributed by atoms with van der Waals surface area (Å²) in [5.74, 6) is -0.0855. The smallest absolute Gasteiger partial charge is 0.256 e. The van der Waals surface area contributed by atoms with E-state index in [9.17, 15) is 4.79 Å². The zero-order valence-electron chi connectivity index (χ0n) is 10.5. The van der Waals surface area contributed by atoms with E-state index < -0.39 is 0 Å². The molecular weight excluding hydrogens is 252 g/mol. The maximum absolute atomic E-state index is 12.5. The van der Waals surface area contributed by atoms with Crippen LogP contribution in [-0.2, 0) is 4.74 Å². The summed E-state index contributed by atoms with van der Waals surface area (Å²) in [6.45, 7) is 5.04. The highest BCUT2D eigenvalue weighted by Crippen LogP contribution is 2.22. The molecule has 0 radical (unpaired) electrons. The van der Waals surface area contributed by atoms with Gasteiger partial charge in [0.2, 0.25) is 0 Å². The third-order valence-corrected chi connectivity index (χ3v) is 3.35. The van der Waals surface area contributed by atoms with Gasteiger partial charge in [0.05, 0.1) is 24.3 Å². The average molecular weight is 269 g/mol. The van der Waals surface area contributed by atoms with Crippen molar-refractivity contribution >= 4 is 23.2 Å². The van der Waals surface area contributed by atoms with Crippen LogP contribution in [0.2, 0.25) is 5.02 Å². The third kappa shape index (κ3) is 2.60. The van der Waals surface area contributed by atoms with Crippen LogP contribution in [0.4, 0.5) is 5.69 Å². The number of carbonyl (C=O) groups is 1. The molecule has 0 aromatic heterocycles. The van der Waals surface area contributed by atoms with Crippen LogP contribution in [0.3, 0.4) is 0 Å². The summed E-state index contributed by atoms with van der Waals surface area (Å²) in [5, 5.41) is 0.515. The third-order valence-electron chi connectivity index (χ3n) is 3.11. The number of benzene rings is 1. The number of halogens is 1. The normalized spacial score (nSPS) is 24.1. The Hall–Kier alpha value is -1.26. The predicted molar refractivity (Wildman–Crippen MR) is 71.8 cm³/mol. The Labute approximate surface area is 112 Å². The molecule has 1 heterocycles. The average Bonchev–Trinajstić information content (AvgIpc) is 2.34. The van der Waals surface area contributed by atoms with E-state index in [1.807, 2.05) is 13.8 Å². The van der Waals surface area contributed by atoms with Gasteiger partial charge in [0.25, 0.3) is 5.91 Å². The van der Waals surface area contributed by atoms with Crippen LogP contribution in [0, 0.1) is 0 Å². The number of morpholine rings is 1. The van der Waals surface area contributed by atoms with Crippen LogP contribution in [0.15, 0.2) is 18.2 Å². The van der Waals surface area contributed by atoms with Crippen LogP contribution in [-0.4, -0.2) is 36.1 Å². The first-order valence-corrected chi connectivity index (χ1v) is 6.34. The topological polar surface area (TPSA) is 55.6 Å². The first-order valence-electron chi connectivity index (χ1n) is 5.96. The summed E-state index contributed by atoms with van der Waals surface area (Å²) in [6, 6.07) is 5.00. The molecule has 1 aliphatic heterocycles. The van der Waals surface area contributed by atoms with Crippen molar-refractivity contribution in [2.75, 3.05) is 18.9 Å². The van der Waals surface area contributed by atoms with E-state index >= 15 is 0 Å². The fourth-order valence-electron chi connectivity index (χ4n) is 2.05. The largest absolute Gasteiger partial charge is 0.398 e. The summed E-state index contributed by atoms with van der Waals surface area (Å²) >= 11 is 5.91. The number of nitrogens with two attached hydrogens (primary N) is 1. The predicted octanol–water partition coefficient (Wildman–Crippen LogP) is 2.17. The molecule has 0 aliphatic carbocycles. The van der Waals surface area contributed by atoms with E-state index in [1.54, 1.807) is 23.1 Å². The summed E-state index contributed by atoms with van der Waals surface area (Å²) in [7, 11) is 0. The van der Waals surface area contributed by atoms with Gasteiger partial charge in [-0.1, -0.05) is 11.6 Å². The number of nitrogens with zero attached hydrogens (tertiary/aromatic N) is 1. The van der Waals surface area contributed by atoms with Crippen molar-refractivity contribution in [1.82, 2.24) is 4.90 Å². The Morgan fingerprint density at radius 3 is 2.94 bits per heavy atom. The minimum Gasteiger partial charge on any atom is -0.398 e. The maximum atomic E-state index is 12.5. The summed E-state index contributed by atoms with van der Waals surface area (Å²) in [6.07, 6.45) is 0.0468. The van der Waals surface area contributed by atoms with Crippen LogP contribution < -0.4 is 5.73 Å². The standard InChI is InChI=1S/C13H17ClN2O2/c1-8-7-18-9(2)6-16(8)13(17)11-5-10(14)3-4-12(11)15/h3-5,8-9H,6-7,15H2,1-2H3. The molecule has 0 bridgehead atoms. The van der Waals surface area contributed by atoms with E-state index in [2.05, 4.69) is 0 Å². The molecule has 5 heteroatoms. The van der Waals surface area contributed by atoms with Crippen molar-refractivity contribution in [2.45, 2.75) is 26.0 Å². The molecule has 1 aromatic carbocycles. The number of rotatable bonds is 1. The Balaban J connectivity index is 2.27. The highest BCUT2D eigenvalue weighted by Gasteiger charge is 2.29. The van der Waals surface area contributed by atoms with Crippen molar-refractivity contribution in [2.24, 2.45) is 0 Å². The van der Waals surface area contributed by atoms with Crippen LogP contribution in [0.1, 0.15) is 24.2 Å². The fraction of sp³-hybridized carbons (Fsp3) is 0.462. The lowest BCUT2D eigenvalue weighted by Gasteiger charge is -2.37. The Bertz CT molecular complexity index is 464. The minimum absolute atomic E-state index is 0.0468. The van der Waals surface area contributed by atoms with E-state index in [4.69, 9.17) is 22.1 Å². The summed E-state index contributed by atoms with van der Waals surface area (Å²) in [5.41, 5.74) is 6.76. The molecule has 2 N–H and O–H groups in total. The summed E-state index contributed by atoms with van der Waals surface area (Å²) in [4.78, 5) is 14.2. The van der Waals surface area contributed by atoms with E-state index in [-0.39, 0.29) is 18.1 Å². The number of hydrogen-bond donors (Lipinski definition) is 1. The number of nitrogen functional groups attached to an aromatic ring is 1. The maximum Gasteiger partial charge on any atom is 0.256 e. The van der Waals surface area contributed by atoms with E-state index in [0.29, 0.717) is 29.4 Å². The van der Waals surface area contributed by atoms with Gasteiger partial charge in [0.15, 0.2) is 0 Å². The lowest BCUT2D eigenvalue weighted by Crippen LogP contribution is -2.50. The van der Waals surface area contributed by atoms with Gasteiger partial charge < -0.3 is 15.4 Å². The Morgan fingerprint density at radius 1 is 1.50 bits per heavy atom. The molecule has 18 heavy (non-hydrogen) atoms. The van der Waals surface area contributed by atoms with Gasteiger partial charge in [-0.2, -0.15) is 0 Å². The van der Waals surface area contributed by atoms with Crippen molar-refractivity contribution in [1.29, 1.82) is 0 Å². The van der Waals surface area contributed by atoms with Crippen molar-refractivity contribution in [3.05, 3.63) is 28.8 Å². The van der Waals surface area contributed by atoms with Crippen molar-refractivity contribution in [3.63, 3.8) is 0 Å². The molecule has 2 unspecified atom stereocenters. The number of anilines is 1. The monoisotopic (exact) mass is 268 g/mol. The molecule has 1 fully saturated rings. The number of ether oxygens (including phenoxy) is 1. The fourth-order valence-corrected chi connectivity index (χ4v) is 2.23. The molecule has 1 aromatic rings. The molecular formula is C13H17ClN2O2. The van der Waals surface area contributed by atoms with Crippen molar-refractivity contribution in [3.8, 4) is 0 Å². The lowest BCUT2D eigenvalue weighted by molar-refractivity contribution is -0.0386. The highest BCUT2D eigenvalue weighted by atomic mass is 35.5. The van der Waals surface area contributed by atoms with Crippen LogP contribution in [0.25, 0.3) is 0 Å². The first-order chi connectivity index (χ1) is 8.49. The second kappa shape index (κ2) is 5.16. The van der Waals surface area contributed by atoms with Gasteiger partial charge in [0, 0.05) is 17.3 Å². The Morgan fingerprint density at radius 2 is 2.22 bits per heavy atom. The molecule has 1 amide bonds. The van der Waals surface area contributed by atoms with Gasteiger partial charge in [0.1, 0.15) is 0 Å². The number of hydrogen-bond acceptors (Lipinski definition) is 3. The molecule has 98 valence electrons. The van der Waals surface area contributed by atoms with Crippen LogP contribution >= 0.6 is 11.6 Å². The van der Waals surface area contributed by atoms with Gasteiger partial charge in [-0.3, -0.25) is 4.79 Å². The van der Waals surface area contributed by atoms with E-state index in [0.717, 1.165) is 0 Å². The molecule has 0 spiro atoms. The number of amides is 1. The molecule has 1 saturated heterocycles. The van der Waals surface area contributed by atoms with Gasteiger partial charge in [-0.15, -0.1) is 0 Å². The molecule has 2 atom stereocenters. The minimum atomic E-state index is -0.0855. The second-order valence-electron chi connectivity index (χ2n) is 4.68. The van der Waals surface area contributed by atoms with E-state index in [1.165, 1.54) is 0 Å². The lowest BCUT2D eigenvalue weighted by atomic mass is 10.1. The second-order valence-corrected chi connectivity index (χ2v) is 5.12. The first kappa shape index (κ1) is 13.2. The van der Waals surface area contributed by atoms with Gasteiger partial charge in [-0.05, 0) is 32.0 Å². The molecule has 4 nitrogen and oxygen atoms in total. The Kier molecular flexibility index (Phi) is 3.78. The van der Waals surface area contributed by atoms with Gasteiger partial charge >= 0.3 is 0 Å². The SMILES string of the molecule is CC1CN(C(=O)c2cc(Cl)ccc2N)C(C)CO1.